The Kier molecular flexibility index (Phi) is 7.52. The molecule has 1 atom stereocenters. The lowest BCUT2D eigenvalue weighted by Gasteiger charge is -2.25. The number of allylic oxidation sites excluding steroid dienone is 1. The minimum atomic E-state index is -4.30. The van der Waals surface area contributed by atoms with E-state index in [1.54, 1.807) is 0 Å². The van der Waals surface area contributed by atoms with Crippen molar-refractivity contribution in [1.82, 2.24) is 10.0 Å². The molecule has 0 aliphatic carbocycles. The van der Waals surface area contributed by atoms with E-state index in [2.05, 4.69) is 10.6 Å². The quantitative estimate of drug-likeness (QED) is 0.506. The summed E-state index contributed by atoms with van der Waals surface area (Å²) in [5.74, 6) is 0.459. The SMILES string of the molecule is Cc1cc(C(C)C)c(NC(=O)NS(=O)(=O)/C(C=N)=C2/NC[C@@H](C)CO2)c(C(C)C)c1. The van der Waals surface area contributed by atoms with Gasteiger partial charge in [0.05, 0.1) is 6.61 Å². The maximum Gasteiger partial charge on any atom is 0.333 e. The molecule has 1 heterocycles. The van der Waals surface area contributed by atoms with Crippen LogP contribution in [-0.4, -0.2) is 33.8 Å². The van der Waals surface area contributed by atoms with Gasteiger partial charge in [0.1, 0.15) is 0 Å². The molecule has 0 bridgehead atoms. The first-order chi connectivity index (χ1) is 14.0. The summed E-state index contributed by atoms with van der Waals surface area (Å²) in [5.41, 5.74) is 3.56. The molecule has 2 rings (SSSR count). The topological polar surface area (TPSA) is 120 Å². The smallest absolute Gasteiger partial charge is 0.333 e. The molecule has 1 aliphatic rings. The molecular weight excluding hydrogens is 404 g/mol. The Morgan fingerprint density at radius 3 is 2.23 bits per heavy atom. The van der Waals surface area contributed by atoms with Gasteiger partial charge in [0, 0.05) is 24.4 Å². The molecule has 1 aromatic rings. The Morgan fingerprint density at radius 1 is 1.23 bits per heavy atom. The van der Waals surface area contributed by atoms with Crippen molar-refractivity contribution in [3.63, 3.8) is 0 Å². The Balaban J connectivity index is 2.33. The molecule has 30 heavy (non-hydrogen) atoms. The number of nitrogens with one attached hydrogen (secondary N) is 4. The van der Waals surface area contributed by atoms with Crippen LogP contribution in [0.5, 0.6) is 0 Å². The molecule has 0 saturated carbocycles. The zero-order chi connectivity index (χ0) is 22.6. The van der Waals surface area contributed by atoms with Crippen LogP contribution in [0.25, 0.3) is 0 Å². The van der Waals surface area contributed by atoms with Crippen LogP contribution in [-0.2, 0) is 14.8 Å². The van der Waals surface area contributed by atoms with Gasteiger partial charge in [0.15, 0.2) is 4.91 Å². The van der Waals surface area contributed by atoms with Crippen molar-refractivity contribution in [3.05, 3.63) is 39.6 Å². The number of aryl methyl sites for hydroxylation is 1. The Bertz CT molecular complexity index is 913. The van der Waals surface area contributed by atoms with Gasteiger partial charge in [-0.3, -0.25) is 0 Å². The van der Waals surface area contributed by atoms with Crippen LogP contribution >= 0.6 is 0 Å². The van der Waals surface area contributed by atoms with Crippen molar-refractivity contribution < 1.29 is 17.9 Å². The van der Waals surface area contributed by atoms with E-state index in [0.29, 0.717) is 25.1 Å². The average Bonchev–Trinajstić information content (AvgIpc) is 2.63. The number of amides is 2. The van der Waals surface area contributed by atoms with E-state index in [9.17, 15) is 13.2 Å². The van der Waals surface area contributed by atoms with E-state index in [0.717, 1.165) is 16.7 Å². The lowest BCUT2D eigenvalue weighted by atomic mass is 9.90. The summed E-state index contributed by atoms with van der Waals surface area (Å²) in [6.07, 6.45) is 0.666. The number of benzene rings is 1. The van der Waals surface area contributed by atoms with Crippen LogP contribution in [0.1, 0.15) is 63.1 Å². The summed E-state index contributed by atoms with van der Waals surface area (Å²) < 4.78 is 32.9. The zero-order valence-corrected chi connectivity index (χ0v) is 19.2. The zero-order valence-electron chi connectivity index (χ0n) is 18.4. The normalized spacial score (nSPS) is 18.5. The summed E-state index contributed by atoms with van der Waals surface area (Å²) >= 11 is 0. The highest BCUT2D eigenvalue weighted by molar-refractivity contribution is 7.94. The van der Waals surface area contributed by atoms with E-state index in [-0.39, 0.29) is 23.6 Å². The Hall–Kier alpha value is -2.55. The molecule has 1 fully saturated rings. The maximum absolute atomic E-state index is 12.7. The molecular formula is C21H32N4O4S. The highest BCUT2D eigenvalue weighted by Gasteiger charge is 2.27. The fourth-order valence-electron chi connectivity index (χ4n) is 3.24. The van der Waals surface area contributed by atoms with E-state index >= 15 is 0 Å². The molecule has 8 nitrogen and oxygen atoms in total. The third kappa shape index (κ3) is 5.53. The first-order valence-electron chi connectivity index (χ1n) is 10.1. The second kappa shape index (κ2) is 9.51. The number of carbonyl (C=O) groups is 1. The highest BCUT2D eigenvalue weighted by Crippen LogP contribution is 2.33. The maximum atomic E-state index is 12.7. The number of anilines is 1. The predicted molar refractivity (Wildman–Crippen MR) is 119 cm³/mol. The standard InChI is InChI=1S/C21H32N4O4S/c1-12(2)16-7-14(5)8-17(13(3)4)19(16)24-21(26)25-30(27,28)18(9-22)20-23-10-15(6)11-29-20/h7-9,12-13,15,22-23H,10-11H2,1-6H3,(H2,24,25,26)/b20-18-,22-9?/t15-/m1/s1. The molecule has 0 radical (unpaired) electrons. The fraction of sp³-hybridized carbons (Fsp3) is 0.524. The van der Waals surface area contributed by atoms with Crippen molar-refractivity contribution in [1.29, 1.82) is 5.41 Å². The van der Waals surface area contributed by atoms with Gasteiger partial charge in [0.25, 0.3) is 10.0 Å². The lowest BCUT2D eigenvalue weighted by Crippen LogP contribution is -2.39. The minimum Gasteiger partial charge on any atom is -0.478 e. The van der Waals surface area contributed by atoms with Gasteiger partial charge in [0.2, 0.25) is 5.88 Å². The first-order valence-corrected chi connectivity index (χ1v) is 11.5. The number of carbonyl (C=O) groups excluding carboxylic acids is 1. The van der Waals surface area contributed by atoms with Crippen LogP contribution < -0.4 is 15.4 Å². The molecule has 1 saturated heterocycles. The van der Waals surface area contributed by atoms with Crippen molar-refractivity contribution in [2.24, 2.45) is 5.92 Å². The van der Waals surface area contributed by atoms with E-state index in [1.807, 2.05) is 58.4 Å². The number of hydrogen-bond donors (Lipinski definition) is 4. The second-order valence-corrected chi connectivity index (χ2v) is 9.97. The molecule has 1 aliphatic heterocycles. The fourth-order valence-corrected chi connectivity index (χ4v) is 4.18. The highest BCUT2D eigenvalue weighted by atomic mass is 32.2. The summed E-state index contributed by atoms with van der Waals surface area (Å²) in [7, 11) is -4.30. The van der Waals surface area contributed by atoms with Crippen LogP contribution in [0.2, 0.25) is 0 Å². The Morgan fingerprint density at radius 2 is 1.80 bits per heavy atom. The van der Waals surface area contributed by atoms with E-state index < -0.39 is 21.0 Å². The number of urea groups is 1. The van der Waals surface area contributed by atoms with Gasteiger partial charge in [-0.05, 0) is 29.9 Å². The van der Waals surface area contributed by atoms with Gasteiger partial charge >= 0.3 is 6.03 Å². The van der Waals surface area contributed by atoms with E-state index in [1.165, 1.54) is 0 Å². The minimum absolute atomic E-state index is 0.0236. The number of ether oxygens (including phenoxy) is 1. The van der Waals surface area contributed by atoms with Gasteiger partial charge in [-0.1, -0.05) is 52.3 Å². The van der Waals surface area contributed by atoms with Crippen molar-refractivity contribution in [2.75, 3.05) is 18.5 Å². The summed E-state index contributed by atoms with van der Waals surface area (Å²) in [6.45, 7) is 12.9. The molecule has 0 unspecified atom stereocenters. The van der Waals surface area contributed by atoms with Crippen molar-refractivity contribution >= 4 is 28.0 Å². The Labute approximate surface area is 179 Å². The van der Waals surface area contributed by atoms with Crippen molar-refractivity contribution in [2.45, 2.75) is 53.4 Å². The van der Waals surface area contributed by atoms with Gasteiger partial charge < -0.3 is 20.8 Å². The molecule has 2 amide bonds. The van der Waals surface area contributed by atoms with Crippen LogP contribution in [0.4, 0.5) is 10.5 Å². The van der Waals surface area contributed by atoms with Crippen LogP contribution in [0.3, 0.4) is 0 Å². The average molecular weight is 437 g/mol. The third-order valence-corrected chi connectivity index (χ3v) is 6.16. The van der Waals surface area contributed by atoms with Gasteiger partial charge in [-0.2, -0.15) is 0 Å². The molecule has 166 valence electrons. The van der Waals surface area contributed by atoms with Crippen LogP contribution in [0, 0.1) is 18.3 Å². The van der Waals surface area contributed by atoms with E-state index in [4.69, 9.17) is 10.1 Å². The lowest BCUT2D eigenvalue weighted by molar-refractivity contribution is 0.117. The summed E-state index contributed by atoms with van der Waals surface area (Å²) in [6, 6.07) is 3.10. The molecule has 4 N–H and O–H groups in total. The summed E-state index contributed by atoms with van der Waals surface area (Å²) in [5, 5.41) is 13.1. The first kappa shape index (κ1) is 23.7. The number of hydrogen-bond acceptors (Lipinski definition) is 6. The summed E-state index contributed by atoms with van der Waals surface area (Å²) in [4.78, 5) is 12.2. The van der Waals surface area contributed by atoms with Gasteiger partial charge in [-0.25, -0.2) is 17.9 Å². The second-order valence-electron chi connectivity index (χ2n) is 8.32. The third-order valence-electron chi connectivity index (χ3n) is 4.82. The molecule has 9 heteroatoms. The predicted octanol–water partition coefficient (Wildman–Crippen LogP) is 3.77. The monoisotopic (exact) mass is 436 g/mol. The molecule has 0 aromatic heterocycles. The van der Waals surface area contributed by atoms with Gasteiger partial charge in [-0.15, -0.1) is 0 Å². The number of rotatable bonds is 6. The van der Waals surface area contributed by atoms with Crippen LogP contribution in [0.15, 0.2) is 22.9 Å². The van der Waals surface area contributed by atoms with Crippen molar-refractivity contribution in [3.8, 4) is 0 Å². The largest absolute Gasteiger partial charge is 0.478 e. The number of sulfonamides is 1. The molecule has 1 aromatic carbocycles. The molecule has 0 spiro atoms.